The van der Waals surface area contributed by atoms with E-state index in [9.17, 15) is 4.79 Å². The van der Waals surface area contributed by atoms with Crippen molar-refractivity contribution in [3.63, 3.8) is 0 Å². The number of carbonyl (C=O) groups is 1. The summed E-state index contributed by atoms with van der Waals surface area (Å²) in [4.78, 5) is 28.4. The summed E-state index contributed by atoms with van der Waals surface area (Å²) in [6.45, 7) is 7.32. The summed E-state index contributed by atoms with van der Waals surface area (Å²) in [5, 5.41) is 7.45. The number of aromatic nitrogens is 5. The summed E-state index contributed by atoms with van der Waals surface area (Å²) in [5.41, 5.74) is 5.59. The molecule has 1 aliphatic rings. The molecular formula is C24H29N7O. The van der Waals surface area contributed by atoms with Crippen LogP contribution in [0, 0.1) is 20.8 Å². The van der Waals surface area contributed by atoms with E-state index < -0.39 is 0 Å². The van der Waals surface area contributed by atoms with Gasteiger partial charge < -0.3 is 10.2 Å². The first-order chi connectivity index (χ1) is 15.4. The van der Waals surface area contributed by atoms with E-state index >= 15 is 0 Å². The van der Waals surface area contributed by atoms with E-state index in [1.807, 2.05) is 57.1 Å². The lowest BCUT2D eigenvalue weighted by Gasteiger charge is -2.32. The van der Waals surface area contributed by atoms with E-state index in [-0.39, 0.29) is 11.8 Å². The van der Waals surface area contributed by atoms with E-state index in [4.69, 9.17) is 4.98 Å². The molecule has 1 amide bonds. The number of carbonyl (C=O) groups excluding carboxylic acids is 1. The fourth-order valence-corrected chi connectivity index (χ4v) is 4.10. The molecule has 3 aromatic heterocycles. The number of piperidine rings is 1. The molecule has 1 saturated heterocycles. The number of rotatable bonds is 5. The van der Waals surface area contributed by atoms with Gasteiger partial charge in [0.1, 0.15) is 0 Å². The highest BCUT2D eigenvalue weighted by atomic mass is 16.2. The Morgan fingerprint density at radius 2 is 1.84 bits per heavy atom. The molecule has 0 unspecified atom stereocenters. The largest absolute Gasteiger partial charge is 0.338 e. The molecule has 0 spiro atoms. The first kappa shape index (κ1) is 21.7. The van der Waals surface area contributed by atoms with Crippen molar-refractivity contribution in [1.29, 1.82) is 0 Å². The molecule has 0 aliphatic carbocycles. The highest BCUT2D eigenvalue weighted by Crippen LogP contribution is 2.28. The molecule has 1 atom stereocenters. The summed E-state index contributed by atoms with van der Waals surface area (Å²) in [5.74, 6) is 0.799. The second-order valence-electron chi connectivity index (χ2n) is 8.43. The number of amides is 1. The number of hydrogen-bond donors (Lipinski definition) is 1. The van der Waals surface area contributed by atoms with E-state index in [0.29, 0.717) is 12.5 Å². The van der Waals surface area contributed by atoms with Gasteiger partial charge in [0.25, 0.3) is 0 Å². The zero-order valence-corrected chi connectivity index (χ0v) is 19.0. The van der Waals surface area contributed by atoms with Crippen LogP contribution in [-0.4, -0.2) is 48.6 Å². The van der Waals surface area contributed by atoms with Gasteiger partial charge in [-0.25, -0.2) is 9.97 Å². The molecule has 1 fully saturated rings. The fourth-order valence-electron chi connectivity index (χ4n) is 4.10. The number of pyridine rings is 1. The quantitative estimate of drug-likeness (QED) is 0.620. The van der Waals surface area contributed by atoms with Crippen LogP contribution in [0.3, 0.4) is 0 Å². The first-order valence-electron chi connectivity index (χ1n) is 10.9. The summed E-state index contributed by atoms with van der Waals surface area (Å²) < 4.78 is 1.72. The van der Waals surface area contributed by atoms with Crippen molar-refractivity contribution in [2.24, 2.45) is 7.05 Å². The lowest BCUT2D eigenvalue weighted by molar-refractivity contribution is -0.127. The van der Waals surface area contributed by atoms with Crippen LogP contribution in [0.25, 0.3) is 6.08 Å². The number of nitrogens with one attached hydrogen (secondary N) is 1. The predicted molar refractivity (Wildman–Crippen MR) is 125 cm³/mol. The van der Waals surface area contributed by atoms with Gasteiger partial charge in [-0.2, -0.15) is 5.10 Å². The Morgan fingerprint density at radius 1 is 1.09 bits per heavy atom. The van der Waals surface area contributed by atoms with Crippen molar-refractivity contribution < 1.29 is 4.79 Å². The molecule has 0 bridgehead atoms. The topological polar surface area (TPSA) is 88.8 Å². The van der Waals surface area contributed by atoms with Crippen molar-refractivity contribution in [1.82, 2.24) is 29.6 Å². The molecule has 4 heterocycles. The normalized spacial score (nSPS) is 16.5. The van der Waals surface area contributed by atoms with Gasteiger partial charge in [-0.1, -0.05) is 0 Å². The SMILES string of the molecule is Cc1cc(Nc2nc(C)cc(C)n2)cc([C@@H]2CCCN(C(=O)/C=C/c3cnn(C)c3)C2)n1. The average molecular weight is 432 g/mol. The van der Waals surface area contributed by atoms with Gasteiger partial charge >= 0.3 is 0 Å². The van der Waals surface area contributed by atoms with Gasteiger partial charge in [0.05, 0.1) is 6.20 Å². The summed E-state index contributed by atoms with van der Waals surface area (Å²) in [7, 11) is 1.86. The Bertz CT molecular complexity index is 1130. The molecule has 0 aromatic carbocycles. The molecule has 166 valence electrons. The zero-order valence-electron chi connectivity index (χ0n) is 19.0. The molecular weight excluding hydrogens is 402 g/mol. The molecule has 8 nitrogen and oxygen atoms in total. The van der Waals surface area contributed by atoms with Gasteiger partial charge in [-0.15, -0.1) is 0 Å². The van der Waals surface area contributed by atoms with Crippen molar-refractivity contribution in [2.75, 3.05) is 18.4 Å². The highest BCUT2D eigenvalue weighted by molar-refractivity contribution is 5.91. The average Bonchev–Trinajstić information content (AvgIpc) is 3.16. The maximum absolute atomic E-state index is 12.8. The van der Waals surface area contributed by atoms with Crippen LogP contribution in [-0.2, 0) is 11.8 Å². The second kappa shape index (κ2) is 9.30. The van der Waals surface area contributed by atoms with E-state index in [0.717, 1.165) is 53.4 Å². The van der Waals surface area contributed by atoms with Gasteiger partial charge in [0.15, 0.2) is 0 Å². The molecule has 8 heteroatoms. The van der Waals surface area contributed by atoms with Crippen LogP contribution in [0.15, 0.2) is 36.7 Å². The van der Waals surface area contributed by atoms with Gasteiger partial charge in [0, 0.05) is 72.4 Å². The monoisotopic (exact) mass is 431 g/mol. The summed E-state index contributed by atoms with van der Waals surface area (Å²) in [6.07, 6.45) is 9.03. The standard InChI is InChI=1S/C24H29N7O/c1-16-10-17(2)28-24(27-16)29-21-11-18(3)26-22(12-21)20-6-5-9-31(15-20)23(32)8-7-19-13-25-30(4)14-19/h7-8,10-14,20H,5-6,9,15H2,1-4H3,(H,26,27,28,29)/b8-7+/t20-/m1/s1. The molecule has 0 radical (unpaired) electrons. The van der Waals surface area contributed by atoms with Crippen molar-refractivity contribution in [3.8, 4) is 0 Å². The fraction of sp³-hybridized carbons (Fsp3) is 0.375. The Hall–Kier alpha value is -3.55. The number of nitrogens with zero attached hydrogens (tertiary/aromatic N) is 6. The number of anilines is 2. The maximum Gasteiger partial charge on any atom is 0.246 e. The molecule has 32 heavy (non-hydrogen) atoms. The van der Waals surface area contributed by atoms with Crippen molar-refractivity contribution in [2.45, 2.75) is 39.5 Å². The van der Waals surface area contributed by atoms with Crippen molar-refractivity contribution >= 4 is 23.6 Å². The van der Waals surface area contributed by atoms with Crippen LogP contribution >= 0.6 is 0 Å². The molecule has 4 rings (SSSR count). The number of likely N-dealkylation sites (tertiary alicyclic amines) is 1. The van der Waals surface area contributed by atoms with E-state index in [1.54, 1.807) is 17.0 Å². The Balaban J connectivity index is 1.48. The smallest absolute Gasteiger partial charge is 0.246 e. The molecule has 3 aromatic rings. The summed E-state index contributed by atoms with van der Waals surface area (Å²) >= 11 is 0. The van der Waals surface area contributed by atoms with Crippen LogP contribution in [0.4, 0.5) is 11.6 Å². The predicted octanol–water partition coefficient (Wildman–Crippen LogP) is 3.69. The van der Waals surface area contributed by atoms with Gasteiger partial charge in [-0.05, 0) is 57.9 Å². The molecule has 1 aliphatic heterocycles. The van der Waals surface area contributed by atoms with Gasteiger partial charge in [0.2, 0.25) is 11.9 Å². The number of hydrogen-bond acceptors (Lipinski definition) is 6. The zero-order chi connectivity index (χ0) is 22.7. The number of aryl methyl sites for hydroxylation is 4. The van der Waals surface area contributed by atoms with Gasteiger partial charge in [-0.3, -0.25) is 14.5 Å². The van der Waals surface area contributed by atoms with E-state index in [1.165, 1.54) is 0 Å². The van der Waals surface area contributed by atoms with Crippen LogP contribution in [0.1, 0.15) is 47.1 Å². The summed E-state index contributed by atoms with van der Waals surface area (Å²) in [6, 6.07) is 6.00. The minimum atomic E-state index is 0.0215. The Labute approximate surface area is 188 Å². The first-order valence-corrected chi connectivity index (χ1v) is 10.9. The third-order valence-corrected chi connectivity index (χ3v) is 5.51. The highest BCUT2D eigenvalue weighted by Gasteiger charge is 2.25. The third-order valence-electron chi connectivity index (χ3n) is 5.51. The Kier molecular flexibility index (Phi) is 6.30. The van der Waals surface area contributed by atoms with Crippen LogP contribution in [0.2, 0.25) is 0 Å². The van der Waals surface area contributed by atoms with E-state index in [2.05, 4.69) is 26.4 Å². The van der Waals surface area contributed by atoms with Crippen LogP contribution in [0.5, 0.6) is 0 Å². The lowest BCUT2D eigenvalue weighted by atomic mass is 9.93. The minimum Gasteiger partial charge on any atom is -0.338 e. The van der Waals surface area contributed by atoms with Crippen LogP contribution < -0.4 is 5.32 Å². The minimum absolute atomic E-state index is 0.0215. The maximum atomic E-state index is 12.8. The molecule has 0 saturated carbocycles. The lowest BCUT2D eigenvalue weighted by Crippen LogP contribution is -2.38. The Morgan fingerprint density at radius 3 is 2.56 bits per heavy atom. The van der Waals surface area contributed by atoms with Crippen molar-refractivity contribution in [3.05, 3.63) is 65.0 Å². The third kappa shape index (κ3) is 5.38. The second-order valence-corrected chi connectivity index (χ2v) is 8.43. The molecule has 1 N–H and O–H groups in total.